The van der Waals surface area contributed by atoms with Crippen molar-refractivity contribution in [2.24, 2.45) is 11.7 Å². The summed E-state index contributed by atoms with van der Waals surface area (Å²) >= 11 is 0. The third-order valence-electron chi connectivity index (χ3n) is 2.29. The van der Waals surface area contributed by atoms with Crippen molar-refractivity contribution >= 4 is 0 Å². The summed E-state index contributed by atoms with van der Waals surface area (Å²) in [5.41, 5.74) is 5.86. The predicted octanol–water partition coefficient (Wildman–Crippen LogP) is 1.11. The van der Waals surface area contributed by atoms with E-state index in [1.165, 1.54) is 6.42 Å². The van der Waals surface area contributed by atoms with Gasteiger partial charge in [-0.1, -0.05) is 13.8 Å². The normalized spacial score (nSPS) is 32.7. The van der Waals surface area contributed by atoms with Gasteiger partial charge >= 0.3 is 0 Å². The Balaban J connectivity index is 2.23. The third-order valence-corrected chi connectivity index (χ3v) is 2.29. The van der Waals surface area contributed by atoms with Gasteiger partial charge in [-0.2, -0.15) is 0 Å². The Labute approximate surface area is 69.5 Å². The van der Waals surface area contributed by atoms with Crippen LogP contribution in [0.3, 0.4) is 0 Å². The summed E-state index contributed by atoms with van der Waals surface area (Å²) in [5, 5.41) is 3.50. The molecule has 0 spiro atoms. The molecule has 2 nitrogen and oxygen atoms in total. The molecule has 1 saturated heterocycles. The molecular formula is C9H20N2. The fourth-order valence-electron chi connectivity index (χ4n) is 1.79. The Morgan fingerprint density at radius 3 is 2.82 bits per heavy atom. The molecule has 1 rings (SSSR count). The van der Waals surface area contributed by atoms with Crippen molar-refractivity contribution in [1.29, 1.82) is 0 Å². The molecule has 1 heterocycles. The molecular weight excluding hydrogens is 136 g/mol. The molecule has 66 valence electrons. The maximum absolute atomic E-state index is 5.86. The second kappa shape index (κ2) is 4.07. The number of piperidine rings is 1. The maximum atomic E-state index is 5.86. The molecule has 3 N–H and O–H groups in total. The average molecular weight is 156 g/mol. The molecule has 0 aromatic heterocycles. The van der Waals surface area contributed by atoms with Gasteiger partial charge in [0.05, 0.1) is 0 Å². The van der Waals surface area contributed by atoms with Crippen molar-refractivity contribution in [1.82, 2.24) is 5.32 Å². The number of nitrogens with two attached hydrogens (primary N) is 1. The Morgan fingerprint density at radius 1 is 1.55 bits per heavy atom. The van der Waals surface area contributed by atoms with Crippen LogP contribution >= 0.6 is 0 Å². The fourth-order valence-corrected chi connectivity index (χ4v) is 1.79. The van der Waals surface area contributed by atoms with Crippen LogP contribution < -0.4 is 11.1 Å². The van der Waals surface area contributed by atoms with Crippen LogP contribution in [-0.2, 0) is 0 Å². The molecule has 11 heavy (non-hydrogen) atoms. The van der Waals surface area contributed by atoms with E-state index in [9.17, 15) is 0 Å². The largest absolute Gasteiger partial charge is 0.328 e. The van der Waals surface area contributed by atoms with Gasteiger partial charge in [0.1, 0.15) is 0 Å². The molecule has 1 fully saturated rings. The van der Waals surface area contributed by atoms with Gasteiger partial charge in [0.15, 0.2) is 0 Å². The Morgan fingerprint density at radius 2 is 2.27 bits per heavy atom. The molecule has 2 unspecified atom stereocenters. The average Bonchev–Trinajstić information content (AvgIpc) is 1.85. The highest BCUT2D eigenvalue weighted by molar-refractivity contribution is 4.80. The van der Waals surface area contributed by atoms with Crippen LogP contribution in [0.1, 0.15) is 33.1 Å². The predicted molar refractivity (Wildman–Crippen MR) is 48.5 cm³/mol. The van der Waals surface area contributed by atoms with Crippen LogP contribution in [0, 0.1) is 5.92 Å². The Bertz CT molecular complexity index is 110. The van der Waals surface area contributed by atoms with E-state index in [4.69, 9.17) is 5.73 Å². The number of hydrogen-bond acceptors (Lipinski definition) is 2. The summed E-state index contributed by atoms with van der Waals surface area (Å²) in [5.74, 6) is 0.790. The standard InChI is InChI=1S/C9H20N2/c1-7(2)5-9-6-8(10)3-4-11-9/h7-9,11H,3-6,10H2,1-2H3. The zero-order valence-corrected chi connectivity index (χ0v) is 7.64. The molecule has 2 atom stereocenters. The molecule has 0 aromatic carbocycles. The molecule has 0 amide bonds. The third kappa shape index (κ3) is 3.21. The van der Waals surface area contributed by atoms with Crippen molar-refractivity contribution in [3.05, 3.63) is 0 Å². The summed E-state index contributed by atoms with van der Waals surface area (Å²) in [6.07, 6.45) is 3.58. The van der Waals surface area contributed by atoms with Gasteiger partial charge in [-0.3, -0.25) is 0 Å². The van der Waals surface area contributed by atoms with Crippen molar-refractivity contribution in [2.45, 2.75) is 45.2 Å². The van der Waals surface area contributed by atoms with Gasteiger partial charge in [-0.05, 0) is 31.7 Å². The first-order chi connectivity index (χ1) is 5.18. The van der Waals surface area contributed by atoms with E-state index in [0.29, 0.717) is 12.1 Å². The quantitative estimate of drug-likeness (QED) is 0.628. The minimum Gasteiger partial charge on any atom is -0.328 e. The van der Waals surface area contributed by atoms with E-state index in [2.05, 4.69) is 19.2 Å². The fraction of sp³-hybridized carbons (Fsp3) is 1.00. The lowest BCUT2D eigenvalue weighted by Crippen LogP contribution is -2.44. The van der Waals surface area contributed by atoms with Crippen LogP contribution in [0.4, 0.5) is 0 Å². The highest BCUT2D eigenvalue weighted by Crippen LogP contribution is 2.13. The molecule has 1 aliphatic heterocycles. The molecule has 2 heteroatoms. The van der Waals surface area contributed by atoms with Gasteiger partial charge in [0.25, 0.3) is 0 Å². The monoisotopic (exact) mass is 156 g/mol. The molecule has 1 aliphatic rings. The maximum Gasteiger partial charge on any atom is 0.00842 e. The van der Waals surface area contributed by atoms with Crippen molar-refractivity contribution < 1.29 is 0 Å². The smallest absolute Gasteiger partial charge is 0.00842 e. The SMILES string of the molecule is CC(C)CC1CC(N)CCN1. The summed E-state index contributed by atoms with van der Waals surface area (Å²) in [6.45, 7) is 5.64. The first-order valence-electron chi connectivity index (χ1n) is 4.67. The summed E-state index contributed by atoms with van der Waals surface area (Å²) < 4.78 is 0. The Kier molecular flexibility index (Phi) is 3.34. The number of nitrogens with one attached hydrogen (secondary N) is 1. The lowest BCUT2D eigenvalue weighted by Gasteiger charge is -2.29. The summed E-state index contributed by atoms with van der Waals surface area (Å²) in [6, 6.07) is 1.12. The zero-order valence-electron chi connectivity index (χ0n) is 7.64. The van der Waals surface area contributed by atoms with Crippen LogP contribution in [0.5, 0.6) is 0 Å². The van der Waals surface area contributed by atoms with E-state index < -0.39 is 0 Å². The van der Waals surface area contributed by atoms with Crippen molar-refractivity contribution in [2.75, 3.05) is 6.54 Å². The van der Waals surface area contributed by atoms with Gasteiger partial charge in [-0.15, -0.1) is 0 Å². The first kappa shape index (κ1) is 9.01. The van der Waals surface area contributed by atoms with E-state index in [1.54, 1.807) is 0 Å². The van der Waals surface area contributed by atoms with Crippen LogP contribution in [0.2, 0.25) is 0 Å². The van der Waals surface area contributed by atoms with Crippen molar-refractivity contribution in [3.8, 4) is 0 Å². The molecule has 0 aromatic rings. The number of hydrogen-bond donors (Lipinski definition) is 2. The molecule has 0 bridgehead atoms. The highest BCUT2D eigenvalue weighted by Gasteiger charge is 2.18. The second-order valence-electron chi connectivity index (χ2n) is 4.07. The van der Waals surface area contributed by atoms with E-state index in [0.717, 1.165) is 25.3 Å². The van der Waals surface area contributed by atoms with Crippen LogP contribution in [0.25, 0.3) is 0 Å². The van der Waals surface area contributed by atoms with Gasteiger partial charge < -0.3 is 11.1 Å². The van der Waals surface area contributed by atoms with Gasteiger partial charge in [0, 0.05) is 12.1 Å². The number of rotatable bonds is 2. The van der Waals surface area contributed by atoms with E-state index >= 15 is 0 Å². The van der Waals surface area contributed by atoms with Crippen molar-refractivity contribution in [3.63, 3.8) is 0 Å². The van der Waals surface area contributed by atoms with Crippen LogP contribution in [0.15, 0.2) is 0 Å². The Hall–Kier alpha value is -0.0800. The second-order valence-corrected chi connectivity index (χ2v) is 4.07. The lowest BCUT2D eigenvalue weighted by atomic mass is 9.93. The van der Waals surface area contributed by atoms with E-state index in [-0.39, 0.29) is 0 Å². The minimum absolute atomic E-state index is 0.444. The molecule has 0 radical (unpaired) electrons. The molecule has 0 aliphatic carbocycles. The summed E-state index contributed by atoms with van der Waals surface area (Å²) in [4.78, 5) is 0. The minimum atomic E-state index is 0.444. The van der Waals surface area contributed by atoms with Crippen LogP contribution in [-0.4, -0.2) is 18.6 Å². The van der Waals surface area contributed by atoms with E-state index in [1.807, 2.05) is 0 Å². The lowest BCUT2D eigenvalue weighted by molar-refractivity contribution is 0.320. The topological polar surface area (TPSA) is 38.0 Å². The van der Waals surface area contributed by atoms with Gasteiger partial charge in [0.2, 0.25) is 0 Å². The first-order valence-corrected chi connectivity index (χ1v) is 4.67. The zero-order chi connectivity index (χ0) is 8.27. The molecule has 0 saturated carbocycles. The summed E-state index contributed by atoms with van der Waals surface area (Å²) in [7, 11) is 0. The van der Waals surface area contributed by atoms with Gasteiger partial charge in [-0.25, -0.2) is 0 Å². The highest BCUT2D eigenvalue weighted by atomic mass is 14.9.